The van der Waals surface area contributed by atoms with Crippen LogP contribution in [0.15, 0.2) is 47.2 Å². The number of aryl methyl sites for hydroxylation is 2. The highest BCUT2D eigenvalue weighted by Gasteiger charge is 2.19. The Morgan fingerprint density at radius 2 is 2.11 bits per heavy atom. The lowest BCUT2D eigenvalue weighted by atomic mass is 10.1. The summed E-state index contributed by atoms with van der Waals surface area (Å²) in [5.74, 6) is -0.0596. The van der Waals surface area contributed by atoms with E-state index in [0.717, 1.165) is 5.56 Å². The van der Waals surface area contributed by atoms with Crippen molar-refractivity contribution in [1.29, 1.82) is 0 Å². The molecule has 0 aliphatic carbocycles. The average Bonchev–Trinajstić information content (AvgIpc) is 3.19. The summed E-state index contributed by atoms with van der Waals surface area (Å²) < 4.78 is 3.39. The highest BCUT2D eigenvalue weighted by atomic mass is 79.9. The van der Waals surface area contributed by atoms with Crippen LogP contribution in [-0.4, -0.2) is 30.4 Å². The van der Waals surface area contributed by atoms with Crippen LogP contribution in [0.3, 0.4) is 0 Å². The second-order valence-corrected chi connectivity index (χ2v) is 6.86. The highest BCUT2D eigenvalue weighted by molar-refractivity contribution is 9.10. The van der Waals surface area contributed by atoms with E-state index in [2.05, 4.69) is 37.5 Å². The number of halogens is 1. The molecule has 0 radical (unpaired) electrons. The van der Waals surface area contributed by atoms with Crippen molar-refractivity contribution in [3.05, 3.63) is 68.4 Å². The zero-order valence-corrected chi connectivity index (χ0v) is 16.1. The number of aromatic nitrogens is 4. The molecule has 0 spiro atoms. The number of amides is 1. The number of benzene rings is 1. The quantitative estimate of drug-likeness (QED) is 0.455. The van der Waals surface area contributed by atoms with Gasteiger partial charge in [-0.15, -0.1) is 0 Å². The van der Waals surface area contributed by atoms with Crippen molar-refractivity contribution in [1.82, 2.24) is 19.6 Å². The van der Waals surface area contributed by atoms with Crippen LogP contribution in [-0.2, 0) is 17.9 Å². The first-order valence-electron chi connectivity index (χ1n) is 8.17. The molecule has 0 saturated carbocycles. The molecular formula is C17H17BrN6O3. The highest BCUT2D eigenvalue weighted by Crippen LogP contribution is 2.22. The zero-order chi connectivity index (χ0) is 19.4. The predicted octanol–water partition coefficient (Wildman–Crippen LogP) is 3.14. The summed E-state index contributed by atoms with van der Waals surface area (Å²) in [5, 5.41) is 21.6. The monoisotopic (exact) mass is 432 g/mol. The van der Waals surface area contributed by atoms with E-state index in [9.17, 15) is 14.9 Å². The fraction of sp³-hybridized carbons (Fsp3) is 0.235. The summed E-state index contributed by atoms with van der Waals surface area (Å²) in [6, 6.07) is 9.86. The molecular weight excluding hydrogens is 416 g/mol. The SMILES string of the molecule is Cc1cccc(Cn2ccc(NC(=O)CCn3cc(Br)c([N+](=O)[O-])n3)n2)c1. The third kappa shape index (κ3) is 5.00. The summed E-state index contributed by atoms with van der Waals surface area (Å²) in [6.07, 6.45) is 3.39. The van der Waals surface area contributed by atoms with Gasteiger partial charge in [-0.05, 0) is 33.3 Å². The van der Waals surface area contributed by atoms with Gasteiger partial charge in [-0.2, -0.15) is 9.78 Å². The smallest absolute Gasteiger partial charge is 0.358 e. The standard InChI is InChI=1S/C17H17BrN6O3/c1-12-3-2-4-13(9-12)10-22-7-5-15(20-22)19-16(25)6-8-23-11-14(18)17(21-23)24(26)27/h2-5,7,9,11H,6,8,10H2,1H3,(H,19,20,25). The molecule has 0 aliphatic heterocycles. The van der Waals surface area contributed by atoms with E-state index in [4.69, 9.17) is 0 Å². The number of rotatable bonds is 7. The molecule has 1 amide bonds. The Hall–Kier alpha value is -3.01. The van der Waals surface area contributed by atoms with E-state index in [-0.39, 0.29) is 29.2 Å². The van der Waals surface area contributed by atoms with Gasteiger partial charge in [-0.3, -0.25) is 9.48 Å². The third-order valence-electron chi connectivity index (χ3n) is 3.78. The van der Waals surface area contributed by atoms with Crippen LogP contribution >= 0.6 is 15.9 Å². The molecule has 140 valence electrons. The number of nitrogens with zero attached hydrogens (tertiary/aromatic N) is 5. The molecule has 3 aromatic rings. The second-order valence-electron chi connectivity index (χ2n) is 6.01. The van der Waals surface area contributed by atoms with Crippen molar-refractivity contribution < 1.29 is 9.72 Å². The lowest BCUT2D eigenvalue weighted by Crippen LogP contribution is -2.15. The molecule has 2 aromatic heterocycles. The van der Waals surface area contributed by atoms with Gasteiger partial charge >= 0.3 is 5.82 Å². The summed E-state index contributed by atoms with van der Waals surface area (Å²) in [5.41, 5.74) is 2.31. The van der Waals surface area contributed by atoms with Crippen LogP contribution in [0.5, 0.6) is 0 Å². The van der Waals surface area contributed by atoms with E-state index < -0.39 is 4.92 Å². The van der Waals surface area contributed by atoms with Crippen molar-refractivity contribution in [3.8, 4) is 0 Å². The first-order chi connectivity index (χ1) is 12.9. The topological polar surface area (TPSA) is 108 Å². The van der Waals surface area contributed by atoms with Crippen molar-refractivity contribution >= 4 is 33.5 Å². The molecule has 2 heterocycles. The van der Waals surface area contributed by atoms with Crippen LogP contribution in [0.4, 0.5) is 11.6 Å². The zero-order valence-electron chi connectivity index (χ0n) is 14.5. The minimum Gasteiger partial charge on any atom is -0.358 e. The van der Waals surface area contributed by atoms with Crippen LogP contribution in [0.1, 0.15) is 17.5 Å². The molecule has 0 aliphatic rings. The molecule has 0 fully saturated rings. The number of carbonyl (C=O) groups excluding carboxylic acids is 1. The number of nitro groups is 1. The van der Waals surface area contributed by atoms with E-state index in [1.165, 1.54) is 16.4 Å². The Morgan fingerprint density at radius 1 is 1.30 bits per heavy atom. The summed E-state index contributed by atoms with van der Waals surface area (Å²) >= 11 is 3.07. The Bertz CT molecular complexity index is 981. The summed E-state index contributed by atoms with van der Waals surface area (Å²) in [4.78, 5) is 22.3. The van der Waals surface area contributed by atoms with Gasteiger partial charge in [-0.1, -0.05) is 29.8 Å². The molecule has 0 atom stereocenters. The van der Waals surface area contributed by atoms with Gasteiger partial charge in [0.05, 0.1) is 24.4 Å². The number of hydrogen-bond donors (Lipinski definition) is 1. The fourth-order valence-corrected chi connectivity index (χ4v) is 3.02. The normalized spacial score (nSPS) is 10.7. The minimum atomic E-state index is -0.582. The molecule has 10 heteroatoms. The average molecular weight is 433 g/mol. The van der Waals surface area contributed by atoms with Crippen molar-refractivity contribution in [2.24, 2.45) is 0 Å². The first-order valence-corrected chi connectivity index (χ1v) is 8.96. The molecule has 0 unspecified atom stereocenters. The predicted molar refractivity (Wildman–Crippen MR) is 102 cm³/mol. The maximum absolute atomic E-state index is 12.1. The Balaban J connectivity index is 1.53. The lowest BCUT2D eigenvalue weighted by Gasteiger charge is -2.03. The second kappa shape index (κ2) is 8.12. The van der Waals surface area contributed by atoms with Gasteiger partial charge in [0, 0.05) is 18.7 Å². The summed E-state index contributed by atoms with van der Waals surface area (Å²) in [6.45, 7) is 2.87. The fourth-order valence-electron chi connectivity index (χ4n) is 2.56. The van der Waals surface area contributed by atoms with Crippen molar-refractivity contribution in [2.75, 3.05) is 5.32 Å². The van der Waals surface area contributed by atoms with Crippen molar-refractivity contribution in [2.45, 2.75) is 26.4 Å². The van der Waals surface area contributed by atoms with Crippen LogP contribution in [0.25, 0.3) is 0 Å². The van der Waals surface area contributed by atoms with E-state index in [0.29, 0.717) is 12.4 Å². The number of anilines is 1. The molecule has 1 aromatic carbocycles. The molecule has 3 rings (SSSR count). The lowest BCUT2D eigenvalue weighted by molar-refractivity contribution is -0.390. The first kappa shape index (κ1) is 18.8. The van der Waals surface area contributed by atoms with Gasteiger partial charge in [0.25, 0.3) is 0 Å². The van der Waals surface area contributed by atoms with Crippen molar-refractivity contribution in [3.63, 3.8) is 0 Å². The van der Waals surface area contributed by atoms with E-state index >= 15 is 0 Å². The molecule has 27 heavy (non-hydrogen) atoms. The molecule has 0 saturated heterocycles. The number of nitrogens with one attached hydrogen (secondary N) is 1. The maximum Gasteiger partial charge on any atom is 0.404 e. The van der Waals surface area contributed by atoms with Gasteiger partial charge in [0.2, 0.25) is 5.91 Å². The summed E-state index contributed by atoms with van der Waals surface area (Å²) in [7, 11) is 0. The van der Waals surface area contributed by atoms with E-state index in [1.807, 2.05) is 25.1 Å². The minimum absolute atomic E-state index is 0.121. The number of hydrogen-bond acceptors (Lipinski definition) is 5. The van der Waals surface area contributed by atoms with Crippen LogP contribution in [0, 0.1) is 17.0 Å². The van der Waals surface area contributed by atoms with Gasteiger partial charge in [0.1, 0.15) is 4.47 Å². The Morgan fingerprint density at radius 3 is 2.81 bits per heavy atom. The van der Waals surface area contributed by atoms with Crippen LogP contribution < -0.4 is 5.32 Å². The van der Waals surface area contributed by atoms with Gasteiger partial charge in [-0.25, -0.2) is 0 Å². The molecule has 9 nitrogen and oxygen atoms in total. The largest absolute Gasteiger partial charge is 0.404 e. The van der Waals surface area contributed by atoms with Gasteiger partial charge < -0.3 is 15.4 Å². The van der Waals surface area contributed by atoms with Gasteiger partial charge in [0.15, 0.2) is 5.82 Å². The molecule has 1 N–H and O–H groups in total. The Labute approximate surface area is 163 Å². The van der Waals surface area contributed by atoms with E-state index in [1.54, 1.807) is 16.9 Å². The maximum atomic E-state index is 12.1. The Kier molecular flexibility index (Phi) is 5.65. The van der Waals surface area contributed by atoms with Crippen LogP contribution in [0.2, 0.25) is 0 Å². The third-order valence-corrected chi connectivity index (χ3v) is 4.33. The molecule has 0 bridgehead atoms. The number of carbonyl (C=O) groups is 1.